The molecule has 5 heteroatoms. The Morgan fingerprint density at radius 2 is 2.06 bits per heavy atom. The summed E-state index contributed by atoms with van der Waals surface area (Å²) in [6.07, 6.45) is 0. The maximum absolute atomic E-state index is 11.2. The highest BCUT2D eigenvalue weighted by molar-refractivity contribution is 5.93. The summed E-state index contributed by atoms with van der Waals surface area (Å²) in [7, 11) is 3.05. The largest absolute Gasteiger partial charge is 0.493 e. The normalized spacial score (nSPS) is 9.06. The number of benzene rings is 1. The van der Waals surface area contributed by atoms with Gasteiger partial charge < -0.3 is 19.6 Å². The van der Waals surface area contributed by atoms with Crippen molar-refractivity contribution >= 4 is 11.6 Å². The zero-order valence-electron chi connectivity index (χ0n) is 9.11. The van der Waals surface area contributed by atoms with Gasteiger partial charge in [0.05, 0.1) is 14.2 Å². The van der Waals surface area contributed by atoms with E-state index in [1.165, 1.54) is 14.2 Å². The van der Waals surface area contributed by atoms with E-state index >= 15 is 0 Å². The average Bonchev–Trinajstić information content (AvgIpc) is 2.29. The van der Waals surface area contributed by atoms with Crippen LogP contribution in [0.1, 0.15) is 0 Å². The van der Waals surface area contributed by atoms with Crippen molar-refractivity contribution in [3.8, 4) is 11.5 Å². The van der Waals surface area contributed by atoms with Gasteiger partial charge in [0.1, 0.15) is 0 Å². The standard InChI is InChI=1S/C11H12N2O3/c1-12-7-11(14)13-8-4-5-9(15-2)10(6-8)16-3/h4-6H,7H2,2-3H3,(H,13,14). The summed E-state index contributed by atoms with van der Waals surface area (Å²) in [4.78, 5) is 14.2. The molecular formula is C11H12N2O3. The van der Waals surface area contributed by atoms with Crippen LogP contribution < -0.4 is 14.8 Å². The fourth-order valence-corrected chi connectivity index (χ4v) is 1.19. The molecule has 0 aromatic heterocycles. The van der Waals surface area contributed by atoms with E-state index in [1.54, 1.807) is 18.2 Å². The van der Waals surface area contributed by atoms with Crippen LogP contribution in [0.4, 0.5) is 5.69 Å². The number of hydrogen-bond donors (Lipinski definition) is 1. The highest BCUT2D eigenvalue weighted by atomic mass is 16.5. The van der Waals surface area contributed by atoms with Gasteiger partial charge in [0.25, 0.3) is 6.54 Å². The van der Waals surface area contributed by atoms with E-state index in [2.05, 4.69) is 10.2 Å². The molecule has 0 atom stereocenters. The van der Waals surface area contributed by atoms with Gasteiger partial charge in [0.15, 0.2) is 11.5 Å². The van der Waals surface area contributed by atoms with Crippen molar-refractivity contribution in [3.05, 3.63) is 29.6 Å². The van der Waals surface area contributed by atoms with Gasteiger partial charge in [0.2, 0.25) is 0 Å². The van der Waals surface area contributed by atoms with Crippen LogP contribution in [0.25, 0.3) is 4.85 Å². The van der Waals surface area contributed by atoms with Gasteiger partial charge in [0, 0.05) is 11.8 Å². The first-order valence-corrected chi connectivity index (χ1v) is 4.56. The zero-order valence-corrected chi connectivity index (χ0v) is 9.11. The van der Waals surface area contributed by atoms with Gasteiger partial charge >= 0.3 is 5.91 Å². The minimum absolute atomic E-state index is 0.186. The van der Waals surface area contributed by atoms with Crippen LogP contribution in [-0.2, 0) is 4.79 Å². The van der Waals surface area contributed by atoms with Gasteiger partial charge in [-0.05, 0) is 12.1 Å². The molecule has 0 bridgehead atoms. The Bertz CT molecular complexity index is 424. The number of rotatable bonds is 4. The molecule has 0 aliphatic rings. The number of hydrogen-bond acceptors (Lipinski definition) is 3. The molecule has 1 amide bonds. The van der Waals surface area contributed by atoms with E-state index in [0.717, 1.165) is 0 Å². The molecule has 0 aliphatic heterocycles. The fraction of sp³-hybridized carbons (Fsp3) is 0.273. The fourth-order valence-electron chi connectivity index (χ4n) is 1.19. The molecule has 5 nitrogen and oxygen atoms in total. The summed E-state index contributed by atoms with van der Waals surface area (Å²) < 4.78 is 10.1. The molecule has 84 valence electrons. The second kappa shape index (κ2) is 5.61. The summed E-state index contributed by atoms with van der Waals surface area (Å²) in [5.41, 5.74) is 0.575. The van der Waals surface area contributed by atoms with E-state index in [9.17, 15) is 4.79 Å². The van der Waals surface area contributed by atoms with Crippen molar-refractivity contribution in [3.63, 3.8) is 0 Å². The predicted molar refractivity (Wildman–Crippen MR) is 59.6 cm³/mol. The summed E-state index contributed by atoms with van der Waals surface area (Å²) in [5.74, 6) is 0.774. The number of nitrogens with zero attached hydrogens (tertiary/aromatic N) is 1. The number of anilines is 1. The minimum Gasteiger partial charge on any atom is -0.493 e. The first-order chi connectivity index (χ1) is 7.71. The average molecular weight is 220 g/mol. The monoisotopic (exact) mass is 220 g/mol. The van der Waals surface area contributed by atoms with E-state index in [4.69, 9.17) is 16.0 Å². The Morgan fingerprint density at radius 1 is 1.38 bits per heavy atom. The topological polar surface area (TPSA) is 51.9 Å². The second-order valence-corrected chi connectivity index (χ2v) is 2.93. The van der Waals surface area contributed by atoms with Gasteiger partial charge in [-0.15, -0.1) is 0 Å². The van der Waals surface area contributed by atoms with Crippen molar-refractivity contribution in [1.29, 1.82) is 0 Å². The maximum atomic E-state index is 11.2. The van der Waals surface area contributed by atoms with Gasteiger partial charge in [-0.1, -0.05) is 0 Å². The van der Waals surface area contributed by atoms with E-state index < -0.39 is 0 Å². The van der Waals surface area contributed by atoms with Crippen LogP contribution in [0.2, 0.25) is 0 Å². The second-order valence-electron chi connectivity index (χ2n) is 2.93. The van der Waals surface area contributed by atoms with Crippen LogP contribution in [-0.4, -0.2) is 26.7 Å². The van der Waals surface area contributed by atoms with Crippen molar-refractivity contribution in [2.75, 3.05) is 26.1 Å². The Kier molecular flexibility index (Phi) is 4.16. The maximum Gasteiger partial charge on any atom is 0.304 e. The number of methoxy groups -OCH3 is 2. The number of carbonyl (C=O) groups is 1. The number of nitrogens with one attached hydrogen (secondary N) is 1. The first-order valence-electron chi connectivity index (χ1n) is 4.56. The van der Waals surface area contributed by atoms with Crippen molar-refractivity contribution in [2.24, 2.45) is 0 Å². The molecule has 0 saturated carbocycles. The predicted octanol–water partition coefficient (Wildman–Crippen LogP) is 1.56. The molecule has 0 aliphatic carbocycles. The minimum atomic E-state index is -0.345. The summed E-state index contributed by atoms with van der Waals surface area (Å²) in [5, 5.41) is 2.58. The Hall–Kier alpha value is -2.22. The molecule has 0 unspecified atom stereocenters. The zero-order chi connectivity index (χ0) is 12.0. The van der Waals surface area contributed by atoms with Gasteiger partial charge in [-0.3, -0.25) is 4.79 Å². The third-order valence-electron chi connectivity index (χ3n) is 1.89. The summed E-state index contributed by atoms with van der Waals surface area (Å²) >= 11 is 0. The molecule has 1 aromatic carbocycles. The third-order valence-corrected chi connectivity index (χ3v) is 1.89. The van der Waals surface area contributed by atoms with Crippen LogP contribution in [0.5, 0.6) is 11.5 Å². The van der Waals surface area contributed by atoms with Crippen LogP contribution in [0.15, 0.2) is 18.2 Å². The van der Waals surface area contributed by atoms with E-state index in [0.29, 0.717) is 17.2 Å². The van der Waals surface area contributed by atoms with Crippen molar-refractivity contribution in [1.82, 2.24) is 0 Å². The highest BCUT2D eigenvalue weighted by Crippen LogP contribution is 2.29. The SMILES string of the molecule is [C-]#[N+]CC(=O)Nc1ccc(OC)c(OC)c1. The lowest BCUT2D eigenvalue weighted by Gasteiger charge is -2.09. The molecule has 16 heavy (non-hydrogen) atoms. The lowest BCUT2D eigenvalue weighted by molar-refractivity contribution is -0.114. The lowest BCUT2D eigenvalue weighted by Crippen LogP contribution is -2.13. The van der Waals surface area contributed by atoms with Gasteiger partial charge in [-0.2, -0.15) is 0 Å². The number of ether oxygens (including phenoxy) is 2. The number of amides is 1. The summed E-state index contributed by atoms with van der Waals surface area (Å²) in [6.45, 7) is 6.37. The Balaban J connectivity index is 2.83. The van der Waals surface area contributed by atoms with Crippen molar-refractivity contribution < 1.29 is 14.3 Å². The lowest BCUT2D eigenvalue weighted by atomic mass is 10.2. The van der Waals surface area contributed by atoms with Crippen molar-refractivity contribution in [2.45, 2.75) is 0 Å². The molecule has 0 fully saturated rings. The summed E-state index contributed by atoms with van der Waals surface area (Å²) in [6, 6.07) is 5.01. The quantitative estimate of drug-likeness (QED) is 0.783. The molecule has 0 heterocycles. The van der Waals surface area contributed by atoms with Crippen LogP contribution in [0.3, 0.4) is 0 Å². The molecule has 0 radical (unpaired) electrons. The molecule has 0 saturated heterocycles. The third kappa shape index (κ3) is 2.89. The smallest absolute Gasteiger partial charge is 0.304 e. The van der Waals surface area contributed by atoms with Gasteiger partial charge in [-0.25, -0.2) is 6.57 Å². The van der Waals surface area contributed by atoms with Crippen LogP contribution in [0, 0.1) is 6.57 Å². The Labute approximate surface area is 93.8 Å². The van der Waals surface area contributed by atoms with E-state index in [1.807, 2.05) is 0 Å². The molecule has 1 N–H and O–H groups in total. The first kappa shape index (κ1) is 11.9. The van der Waals surface area contributed by atoms with Crippen LogP contribution >= 0.6 is 0 Å². The molecule has 1 rings (SSSR count). The molecule has 0 spiro atoms. The number of carbonyl (C=O) groups excluding carboxylic acids is 1. The highest BCUT2D eigenvalue weighted by Gasteiger charge is 2.08. The molecule has 1 aromatic rings. The Morgan fingerprint density at radius 3 is 2.62 bits per heavy atom. The molecular weight excluding hydrogens is 208 g/mol. The van der Waals surface area contributed by atoms with E-state index in [-0.39, 0.29) is 12.5 Å².